The molecule has 0 atom stereocenters. The number of unbranched alkanes of at least 4 members (excludes halogenated alkanes) is 2. The zero-order chi connectivity index (χ0) is 14.4. The van der Waals surface area contributed by atoms with Crippen molar-refractivity contribution in [2.45, 2.75) is 39.3 Å². The number of aromatic nitrogens is 1. The number of carbonyl (C=O) groups is 2. The summed E-state index contributed by atoms with van der Waals surface area (Å²) in [6.07, 6.45) is 5.98. The van der Waals surface area contributed by atoms with Crippen molar-refractivity contribution in [3.63, 3.8) is 0 Å². The van der Waals surface area contributed by atoms with Gasteiger partial charge in [-0.15, -0.1) is 0 Å². The molecule has 2 rings (SSSR count). The van der Waals surface area contributed by atoms with Crippen LogP contribution in [0.2, 0.25) is 0 Å². The molecule has 1 aromatic heterocycles. The average molecular weight is 273 g/mol. The largest absolute Gasteiger partial charge is 0.444 e. The lowest BCUT2D eigenvalue weighted by Crippen LogP contribution is -2.08. The Labute approximate surface area is 118 Å². The number of carbonyl (C=O) groups excluding carboxylic acids is 2. The Morgan fingerprint density at radius 3 is 2.85 bits per heavy atom. The van der Waals surface area contributed by atoms with Gasteiger partial charge in [0.1, 0.15) is 0 Å². The van der Waals surface area contributed by atoms with Crippen LogP contribution in [0, 0.1) is 0 Å². The number of hydrogen-bond acceptors (Lipinski definition) is 3. The minimum Gasteiger partial charge on any atom is -0.444 e. The number of fused-ring (bicyclic) bond motifs is 1. The molecule has 0 aliphatic carbocycles. The number of ether oxygens (including phenoxy) is 1. The molecule has 0 bridgehead atoms. The second-order valence-corrected chi connectivity index (χ2v) is 4.79. The van der Waals surface area contributed by atoms with E-state index in [4.69, 9.17) is 4.74 Å². The highest BCUT2D eigenvalue weighted by atomic mass is 16.5. The monoisotopic (exact) mass is 273 g/mol. The lowest BCUT2D eigenvalue weighted by Gasteiger charge is -2.07. The molecule has 0 saturated carbocycles. The van der Waals surface area contributed by atoms with E-state index in [1.54, 1.807) is 10.8 Å². The van der Waals surface area contributed by atoms with Gasteiger partial charge in [-0.1, -0.05) is 38.0 Å². The fraction of sp³-hybridized carbons (Fsp3) is 0.375. The third kappa shape index (κ3) is 3.26. The summed E-state index contributed by atoms with van der Waals surface area (Å²) in [7, 11) is 0. The Kier molecular flexibility index (Phi) is 4.93. The molecule has 0 saturated heterocycles. The SMILES string of the molecule is CCCCCC(=O)OCn1cc(C=O)c2ccccc21. The number of hydrogen-bond donors (Lipinski definition) is 0. The Hall–Kier alpha value is -2.10. The maximum absolute atomic E-state index is 11.6. The fourth-order valence-electron chi connectivity index (χ4n) is 2.21. The van der Waals surface area contributed by atoms with Crippen molar-refractivity contribution in [2.75, 3.05) is 0 Å². The van der Waals surface area contributed by atoms with Crippen LogP contribution in [0.4, 0.5) is 0 Å². The summed E-state index contributed by atoms with van der Waals surface area (Å²) >= 11 is 0. The highest BCUT2D eigenvalue weighted by Gasteiger charge is 2.09. The second kappa shape index (κ2) is 6.89. The van der Waals surface area contributed by atoms with Crippen molar-refractivity contribution in [3.8, 4) is 0 Å². The predicted molar refractivity (Wildman–Crippen MR) is 77.6 cm³/mol. The summed E-state index contributed by atoms with van der Waals surface area (Å²) in [5, 5.41) is 0.879. The third-order valence-corrected chi connectivity index (χ3v) is 3.30. The molecule has 0 unspecified atom stereocenters. The Balaban J connectivity index is 2.03. The van der Waals surface area contributed by atoms with Crippen molar-refractivity contribution in [1.82, 2.24) is 4.57 Å². The highest BCUT2D eigenvalue weighted by molar-refractivity contribution is 5.97. The van der Waals surface area contributed by atoms with Gasteiger partial charge in [0.25, 0.3) is 0 Å². The smallest absolute Gasteiger partial charge is 0.307 e. The molecule has 20 heavy (non-hydrogen) atoms. The standard InChI is InChI=1S/C16H19NO3/c1-2-3-4-9-16(19)20-12-17-10-13(11-18)14-7-5-6-8-15(14)17/h5-8,10-11H,2-4,9,12H2,1H3. The van der Waals surface area contributed by atoms with Crippen LogP contribution in [0.15, 0.2) is 30.5 Å². The topological polar surface area (TPSA) is 48.3 Å². The molecule has 1 heterocycles. The normalized spacial score (nSPS) is 10.7. The fourth-order valence-corrected chi connectivity index (χ4v) is 2.21. The lowest BCUT2D eigenvalue weighted by molar-refractivity contribution is -0.147. The second-order valence-electron chi connectivity index (χ2n) is 4.79. The van der Waals surface area contributed by atoms with Crippen LogP contribution in [-0.4, -0.2) is 16.8 Å². The van der Waals surface area contributed by atoms with Gasteiger partial charge < -0.3 is 9.30 Å². The van der Waals surface area contributed by atoms with Crippen molar-refractivity contribution < 1.29 is 14.3 Å². The number of rotatable bonds is 7. The first-order valence-electron chi connectivity index (χ1n) is 6.95. The van der Waals surface area contributed by atoms with Crippen LogP contribution in [-0.2, 0) is 16.3 Å². The minimum absolute atomic E-state index is 0.152. The molecule has 0 spiro atoms. The van der Waals surface area contributed by atoms with E-state index in [9.17, 15) is 9.59 Å². The van der Waals surface area contributed by atoms with Crippen LogP contribution in [0.25, 0.3) is 10.9 Å². The molecule has 2 aromatic rings. The maximum atomic E-state index is 11.6. The van der Waals surface area contributed by atoms with Crippen LogP contribution in [0.1, 0.15) is 43.0 Å². The van der Waals surface area contributed by atoms with Gasteiger partial charge >= 0.3 is 5.97 Å². The van der Waals surface area contributed by atoms with Crippen LogP contribution in [0.3, 0.4) is 0 Å². The number of para-hydroxylation sites is 1. The summed E-state index contributed by atoms with van der Waals surface area (Å²) in [6.45, 7) is 2.25. The molecule has 0 radical (unpaired) electrons. The zero-order valence-electron chi connectivity index (χ0n) is 11.7. The molecule has 0 aliphatic heterocycles. The van der Waals surface area contributed by atoms with E-state index < -0.39 is 0 Å². The number of aldehydes is 1. The summed E-state index contributed by atoms with van der Waals surface area (Å²) in [5.74, 6) is -0.191. The van der Waals surface area contributed by atoms with Gasteiger partial charge in [0.05, 0.1) is 5.52 Å². The first-order valence-corrected chi connectivity index (χ1v) is 6.95. The van der Waals surface area contributed by atoms with Gasteiger partial charge in [0.15, 0.2) is 13.0 Å². The maximum Gasteiger partial charge on any atom is 0.307 e. The van der Waals surface area contributed by atoms with E-state index in [-0.39, 0.29) is 12.7 Å². The van der Waals surface area contributed by atoms with Gasteiger partial charge in [0.2, 0.25) is 0 Å². The van der Waals surface area contributed by atoms with E-state index in [1.165, 1.54) is 0 Å². The molecule has 106 valence electrons. The Bertz CT molecular complexity index is 601. The van der Waals surface area contributed by atoms with Crippen molar-refractivity contribution in [1.29, 1.82) is 0 Å². The van der Waals surface area contributed by atoms with E-state index in [2.05, 4.69) is 6.92 Å². The average Bonchev–Trinajstić information content (AvgIpc) is 2.84. The van der Waals surface area contributed by atoms with Crippen molar-refractivity contribution in [2.24, 2.45) is 0 Å². The number of benzene rings is 1. The van der Waals surface area contributed by atoms with Crippen molar-refractivity contribution in [3.05, 3.63) is 36.0 Å². The summed E-state index contributed by atoms with van der Waals surface area (Å²) < 4.78 is 7.04. The Morgan fingerprint density at radius 1 is 1.30 bits per heavy atom. The van der Waals surface area contributed by atoms with Gasteiger partial charge in [-0.2, -0.15) is 0 Å². The lowest BCUT2D eigenvalue weighted by atomic mass is 10.2. The summed E-state index contributed by atoms with van der Waals surface area (Å²) in [6, 6.07) is 7.58. The first kappa shape index (κ1) is 14.3. The van der Waals surface area contributed by atoms with Crippen LogP contribution in [0.5, 0.6) is 0 Å². The summed E-state index contributed by atoms with van der Waals surface area (Å²) in [5.41, 5.74) is 1.51. The van der Waals surface area contributed by atoms with Gasteiger partial charge in [-0.3, -0.25) is 9.59 Å². The van der Waals surface area contributed by atoms with E-state index >= 15 is 0 Å². The molecule has 0 aliphatic rings. The van der Waals surface area contributed by atoms with Gasteiger partial charge in [-0.25, -0.2) is 0 Å². The van der Waals surface area contributed by atoms with Crippen LogP contribution >= 0.6 is 0 Å². The van der Waals surface area contributed by atoms with Gasteiger partial charge in [0, 0.05) is 23.6 Å². The van der Waals surface area contributed by atoms with Gasteiger partial charge in [-0.05, 0) is 12.5 Å². The number of nitrogens with zero attached hydrogens (tertiary/aromatic N) is 1. The first-order chi connectivity index (χ1) is 9.76. The van der Waals surface area contributed by atoms with E-state index in [0.717, 1.165) is 36.5 Å². The highest BCUT2D eigenvalue weighted by Crippen LogP contribution is 2.20. The molecule has 0 N–H and O–H groups in total. The molecule has 4 heteroatoms. The third-order valence-electron chi connectivity index (χ3n) is 3.30. The molecule has 1 aromatic carbocycles. The quantitative estimate of drug-likeness (QED) is 0.440. The van der Waals surface area contributed by atoms with Crippen molar-refractivity contribution >= 4 is 23.2 Å². The predicted octanol–water partition coefficient (Wildman–Crippen LogP) is 3.53. The zero-order valence-corrected chi connectivity index (χ0v) is 11.7. The molecular formula is C16H19NO3. The number of esters is 1. The van der Waals surface area contributed by atoms with E-state index in [0.29, 0.717) is 12.0 Å². The molecular weight excluding hydrogens is 254 g/mol. The summed E-state index contributed by atoms with van der Waals surface area (Å²) in [4.78, 5) is 22.6. The molecule has 0 amide bonds. The van der Waals surface area contributed by atoms with E-state index in [1.807, 2.05) is 24.3 Å². The molecule has 0 fully saturated rings. The van der Waals surface area contributed by atoms with Crippen LogP contribution < -0.4 is 0 Å². The minimum atomic E-state index is -0.191. The Morgan fingerprint density at radius 2 is 2.10 bits per heavy atom. The molecule has 4 nitrogen and oxygen atoms in total.